The van der Waals surface area contributed by atoms with Gasteiger partial charge in [-0.3, -0.25) is 0 Å². The monoisotopic (exact) mass is 290 g/mol. The normalized spacial score (nSPS) is 11.1. The molecule has 0 amide bonds. The molecule has 2 rings (SSSR count). The van der Waals surface area contributed by atoms with Crippen LogP contribution in [0.1, 0.15) is 34.9 Å². The first kappa shape index (κ1) is 15.0. The molecule has 0 unspecified atom stereocenters. The summed E-state index contributed by atoms with van der Waals surface area (Å²) < 4.78 is 5.92. The number of nitrogens with one attached hydrogen (secondary N) is 1. The first-order valence-corrected chi connectivity index (χ1v) is 7.74. The van der Waals surface area contributed by atoms with Crippen LogP contribution >= 0.6 is 11.3 Å². The number of rotatable bonds is 6. The number of aromatic nitrogens is 1. The van der Waals surface area contributed by atoms with Gasteiger partial charge in [0.2, 0.25) is 0 Å². The lowest BCUT2D eigenvalue weighted by molar-refractivity contribution is 0.301. The smallest absolute Gasteiger partial charge is 0.140 e. The van der Waals surface area contributed by atoms with Gasteiger partial charge in [-0.05, 0) is 25.0 Å². The van der Waals surface area contributed by atoms with Gasteiger partial charge in [0.05, 0.1) is 0 Å². The van der Waals surface area contributed by atoms with Crippen LogP contribution in [0.25, 0.3) is 0 Å². The zero-order valence-electron chi connectivity index (χ0n) is 12.6. The lowest BCUT2D eigenvalue weighted by atomic mass is 10.1. The highest BCUT2D eigenvalue weighted by molar-refractivity contribution is 7.11. The number of nitrogens with zero attached hydrogens (tertiary/aromatic N) is 1. The molecule has 1 N–H and O–H groups in total. The number of hydrogen-bond donors (Lipinski definition) is 1. The summed E-state index contributed by atoms with van der Waals surface area (Å²) in [6.07, 6.45) is 1.93. The first-order valence-electron chi connectivity index (χ1n) is 6.92. The van der Waals surface area contributed by atoms with Gasteiger partial charge in [0.25, 0.3) is 0 Å². The Balaban J connectivity index is 1.94. The fourth-order valence-electron chi connectivity index (χ4n) is 1.96. The van der Waals surface area contributed by atoms with Crippen molar-refractivity contribution >= 4 is 11.3 Å². The van der Waals surface area contributed by atoms with E-state index in [1.165, 1.54) is 16.0 Å². The van der Waals surface area contributed by atoms with Crippen LogP contribution in [0.5, 0.6) is 5.75 Å². The van der Waals surface area contributed by atoms with Crippen molar-refractivity contribution < 1.29 is 4.74 Å². The molecule has 1 heterocycles. The Morgan fingerprint density at radius 2 is 1.95 bits per heavy atom. The van der Waals surface area contributed by atoms with Crippen LogP contribution in [0.4, 0.5) is 0 Å². The van der Waals surface area contributed by atoms with Crippen LogP contribution < -0.4 is 10.1 Å². The Labute approximate surface area is 125 Å². The number of hydrogen-bond acceptors (Lipinski definition) is 4. The second kappa shape index (κ2) is 6.86. The highest BCUT2D eigenvalue weighted by atomic mass is 32.1. The van der Waals surface area contributed by atoms with E-state index in [1.807, 2.05) is 6.20 Å². The summed E-state index contributed by atoms with van der Waals surface area (Å²) in [4.78, 5) is 5.67. The van der Waals surface area contributed by atoms with Crippen LogP contribution in [0.15, 0.2) is 24.4 Å². The van der Waals surface area contributed by atoms with Crippen LogP contribution in [0.2, 0.25) is 0 Å². The second-order valence-electron chi connectivity index (χ2n) is 5.27. The molecule has 0 bridgehead atoms. The maximum absolute atomic E-state index is 5.92. The van der Waals surface area contributed by atoms with Crippen molar-refractivity contribution in [1.29, 1.82) is 0 Å². The van der Waals surface area contributed by atoms with Crippen molar-refractivity contribution in [2.75, 3.05) is 0 Å². The highest BCUT2D eigenvalue weighted by Crippen LogP contribution is 2.24. The second-order valence-corrected chi connectivity index (χ2v) is 6.47. The predicted octanol–water partition coefficient (Wildman–Crippen LogP) is 3.84. The van der Waals surface area contributed by atoms with Gasteiger partial charge in [0.15, 0.2) is 0 Å². The van der Waals surface area contributed by atoms with Crippen LogP contribution in [0, 0.1) is 13.8 Å². The molecule has 0 fully saturated rings. The van der Waals surface area contributed by atoms with Gasteiger partial charge in [0.1, 0.15) is 17.4 Å². The molecule has 0 atom stereocenters. The zero-order chi connectivity index (χ0) is 14.5. The van der Waals surface area contributed by atoms with Gasteiger partial charge in [-0.2, -0.15) is 0 Å². The van der Waals surface area contributed by atoms with Gasteiger partial charge < -0.3 is 10.1 Å². The molecule has 4 heteroatoms. The van der Waals surface area contributed by atoms with Crippen molar-refractivity contribution in [3.8, 4) is 5.75 Å². The van der Waals surface area contributed by atoms with Crippen LogP contribution in [-0.4, -0.2) is 11.0 Å². The van der Waals surface area contributed by atoms with Crippen LogP contribution in [0.3, 0.4) is 0 Å². The van der Waals surface area contributed by atoms with Crippen molar-refractivity contribution in [3.05, 3.63) is 45.4 Å². The summed E-state index contributed by atoms with van der Waals surface area (Å²) in [6, 6.07) is 6.69. The molecule has 0 saturated carbocycles. The Morgan fingerprint density at radius 1 is 1.25 bits per heavy atom. The van der Waals surface area contributed by atoms with Crippen LogP contribution in [-0.2, 0) is 13.2 Å². The minimum atomic E-state index is 0.492. The Bertz CT molecular complexity index is 543. The third-order valence-corrected chi connectivity index (χ3v) is 4.01. The predicted molar refractivity (Wildman–Crippen MR) is 84.3 cm³/mol. The molecule has 0 aliphatic carbocycles. The fourth-order valence-corrected chi connectivity index (χ4v) is 2.75. The quantitative estimate of drug-likeness (QED) is 0.877. The SMILES string of the molecule is Cc1cccc(C)c1OCc1ncc(CNC(C)C)s1. The number of thiazole rings is 1. The Morgan fingerprint density at radius 3 is 2.60 bits per heavy atom. The van der Waals surface area contributed by atoms with E-state index in [-0.39, 0.29) is 0 Å². The van der Waals surface area contributed by atoms with E-state index < -0.39 is 0 Å². The van der Waals surface area contributed by atoms with Gasteiger partial charge in [-0.1, -0.05) is 32.0 Å². The summed E-state index contributed by atoms with van der Waals surface area (Å²) >= 11 is 1.71. The molecule has 0 radical (unpaired) electrons. The molecular formula is C16H22N2OS. The topological polar surface area (TPSA) is 34.1 Å². The minimum Gasteiger partial charge on any atom is -0.486 e. The van der Waals surface area contributed by atoms with E-state index in [2.05, 4.69) is 56.2 Å². The average molecular weight is 290 g/mol. The summed E-state index contributed by atoms with van der Waals surface area (Å²) in [7, 11) is 0. The fraction of sp³-hybridized carbons (Fsp3) is 0.438. The first-order chi connectivity index (χ1) is 9.56. The molecule has 0 saturated heterocycles. The minimum absolute atomic E-state index is 0.492. The molecule has 20 heavy (non-hydrogen) atoms. The van der Waals surface area contributed by atoms with Crippen molar-refractivity contribution in [2.45, 2.75) is 46.9 Å². The molecule has 0 spiro atoms. The summed E-state index contributed by atoms with van der Waals surface area (Å²) in [6.45, 7) is 9.85. The van der Waals surface area contributed by atoms with E-state index in [0.29, 0.717) is 12.6 Å². The van der Waals surface area contributed by atoms with Gasteiger partial charge in [-0.25, -0.2) is 4.98 Å². The van der Waals surface area contributed by atoms with Gasteiger partial charge in [-0.15, -0.1) is 11.3 Å². The van der Waals surface area contributed by atoms with E-state index in [0.717, 1.165) is 17.3 Å². The molecule has 2 aromatic rings. The average Bonchev–Trinajstić information content (AvgIpc) is 2.84. The number of benzene rings is 1. The molecule has 108 valence electrons. The standard InChI is InChI=1S/C16H22N2OS/c1-11(2)17-8-14-9-18-15(20-14)10-19-16-12(3)6-5-7-13(16)4/h5-7,9,11,17H,8,10H2,1-4H3. The molecule has 1 aromatic heterocycles. The molecule has 0 aliphatic rings. The Hall–Kier alpha value is -1.39. The summed E-state index contributed by atoms with van der Waals surface area (Å²) in [5.41, 5.74) is 2.34. The maximum Gasteiger partial charge on any atom is 0.140 e. The van der Waals surface area contributed by atoms with Crippen molar-refractivity contribution in [1.82, 2.24) is 10.3 Å². The zero-order valence-corrected chi connectivity index (χ0v) is 13.4. The molecule has 0 aliphatic heterocycles. The summed E-state index contributed by atoms with van der Waals surface area (Å²) in [5, 5.41) is 4.42. The maximum atomic E-state index is 5.92. The Kier molecular flexibility index (Phi) is 5.15. The largest absolute Gasteiger partial charge is 0.486 e. The number of aryl methyl sites for hydroxylation is 2. The summed E-state index contributed by atoms with van der Waals surface area (Å²) in [5.74, 6) is 0.976. The molecule has 1 aromatic carbocycles. The van der Waals surface area contributed by atoms with Gasteiger partial charge >= 0.3 is 0 Å². The lowest BCUT2D eigenvalue weighted by Gasteiger charge is -2.10. The van der Waals surface area contributed by atoms with E-state index in [1.54, 1.807) is 11.3 Å². The lowest BCUT2D eigenvalue weighted by Crippen LogP contribution is -2.21. The van der Waals surface area contributed by atoms with E-state index in [9.17, 15) is 0 Å². The van der Waals surface area contributed by atoms with E-state index >= 15 is 0 Å². The third-order valence-electron chi connectivity index (χ3n) is 3.03. The van der Waals surface area contributed by atoms with E-state index in [4.69, 9.17) is 4.74 Å². The molecular weight excluding hydrogens is 268 g/mol. The highest BCUT2D eigenvalue weighted by Gasteiger charge is 2.07. The van der Waals surface area contributed by atoms with Crippen molar-refractivity contribution in [3.63, 3.8) is 0 Å². The van der Waals surface area contributed by atoms with Crippen molar-refractivity contribution in [2.24, 2.45) is 0 Å². The number of para-hydroxylation sites is 1. The number of ether oxygens (including phenoxy) is 1. The third kappa shape index (κ3) is 4.05. The van der Waals surface area contributed by atoms with Gasteiger partial charge in [0, 0.05) is 23.7 Å². The molecule has 3 nitrogen and oxygen atoms in total.